The average Bonchev–Trinajstić information content (AvgIpc) is 2.95. The fraction of sp³-hybridized carbons (Fsp3) is 0.0556. The van der Waals surface area contributed by atoms with Crippen molar-refractivity contribution in [1.29, 1.82) is 0 Å². The molecule has 0 unspecified atom stereocenters. The zero-order valence-corrected chi connectivity index (χ0v) is 13.2. The highest BCUT2D eigenvalue weighted by molar-refractivity contribution is 9.15. The lowest BCUT2D eigenvalue weighted by Gasteiger charge is -2.10. The Morgan fingerprint density at radius 2 is 1.64 bits per heavy atom. The van der Waals surface area contributed by atoms with Gasteiger partial charge in [0.25, 0.3) is 0 Å². The number of esters is 1. The maximum atomic E-state index is 11.6. The van der Waals surface area contributed by atoms with Crippen LogP contribution in [-0.4, -0.2) is 5.97 Å². The number of hydrogen-bond acceptors (Lipinski definition) is 3. The van der Waals surface area contributed by atoms with Crippen molar-refractivity contribution in [1.82, 2.24) is 0 Å². The van der Waals surface area contributed by atoms with Gasteiger partial charge in [0.2, 0.25) is 0 Å². The van der Waals surface area contributed by atoms with Crippen molar-refractivity contribution in [3.63, 3.8) is 0 Å². The van der Waals surface area contributed by atoms with E-state index in [0.717, 1.165) is 11.1 Å². The van der Waals surface area contributed by atoms with Gasteiger partial charge in [0.05, 0.1) is 10.6 Å². The minimum Gasteiger partial charge on any atom is -0.485 e. The summed E-state index contributed by atoms with van der Waals surface area (Å²) < 4.78 is 11.7. The van der Waals surface area contributed by atoms with Crippen LogP contribution in [0.2, 0.25) is 0 Å². The summed E-state index contributed by atoms with van der Waals surface area (Å²) in [5.41, 5.74) is 1.94. The molecule has 0 fully saturated rings. The van der Waals surface area contributed by atoms with Crippen LogP contribution in [0.3, 0.4) is 0 Å². The van der Waals surface area contributed by atoms with Crippen LogP contribution >= 0.6 is 15.9 Å². The lowest BCUT2D eigenvalue weighted by molar-refractivity contribution is -0.132. The van der Waals surface area contributed by atoms with Gasteiger partial charge >= 0.3 is 5.97 Å². The van der Waals surface area contributed by atoms with E-state index in [1.165, 1.54) is 6.08 Å². The molecule has 2 aromatic rings. The predicted octanol–water partition coefficient (Wildman–Crippen LogP) is 4.41. The Bertz CT molecular complexity index is 733. The van der Waals surface area contributed by atoms with Crippen LogP contribution in [0.5, 0.6) is 0 Å². The molecule has 110 valence electrons. The third-order valence-corrected chi connectivity index (χ3v) is 3.96. The van der Waals surface area contributed by atoms with Crippen molar-refractivity contribution in [2.45, 2.75) is 6.61 Å². The van der Waals surface area contributed by atoms with Crippen LogP contribution < -0.4 is 0 Å². The maximum absolute atomic E-state index is 11.6. The molecule has 0 aromatic heterocycles. The molecule has 0 atom stereocenters. The Balaban J connectivity index is 1.83. The second-order valence-electron chi connectivity index (χ2n) is 4.71. The van der Waals surface area contributed by atoms with E-state index in [-0.39, 0.29) is 0 Å². The first-order chi connectivity index (χ1) is 10.7. The second kappa shape index (κ2) is 6.62. The number of benzene rings is 2. The molecule has 0 aliphatic carbocycles. The fourth-order valence-electron chi connectivity index (χ4n) is 2.06. The normalized spacial score (nSPS) is 16.0. The van der Waals surface area contributed by atoms with E-state index in [1.54, 1.807) is 0 Å². The molecule has 0 saturated heterocycles. The molecule has 1 aliphatic heterocycles. The van der Waals surface area contributed by atoms with E-state index in [2.05, 4.69) is 15.9 Å². The molecule has 22 heavy (non-hydrogen) atoms. The van der Waals surface area contributed by atoms with Gasteiger partial charge < -0.3 is 9.47 Å². The van der Waals surface area contributed by atoms with Crippen molar-refractivity contribution in [3.05, 3.63) is 89.4 Å². The van der Waals surface area contributed by atoms with Crippen LogP contribution in [0, 0.1) is 0 Å². The van der Waals surface area contributed by atoms with Crippen molar-refractivity contribution < 1.29 is 14.3 Å². The maximum Gasteiger partial charge on any atom is 0.340 e. The minimum atomic E-state index is -0.425. The molecule has 0 radical (unpaired) electrons. The highest BCUT2D eigenvalue weighted by atomic mass is 79.9. The largest absolute Gasteiger partial charge is 0.485 e. The van der Waals surface area contributed by atoms with Crippen molar-refractivity contribution >= 4 is 26.4 Å². The highest BCUT2D eigenvalue weighted by Crippen LogP contribution is 2.34. The average molecular weight is 357 g/mol. The summed E-state index contributed by atoms with van der Waals surface area (Å²) in [4.78, 5) is 11.6. The summed E-state index contributed by atoms with van der Waals surface area (Å²) in [6.45, 7) is 0.377. The number of hydrogen-bond donors (Lipinski definition) is 0. The Kier molecular flexibility index (Phi) is 4.39. The van der Waals surface area contributed by atoms with Gasteiger partial charge in [0.1, 0.15) is 6.61 Å². The number of cyclic esters (lactones) is 1. The van der Waals surface area contributed by atoms with Gasteiger partial charge in [-0.25, -0.2) is 4.79 Å². The zero-order chi connectivity index (χ0) is 15.4. The van der Waals surface area contributed by atoms with E-state index >= 15 is 0 Å². The predicted molar refractivity (Wildman–Crippen MR) is 87.7 cm³/mol. The molecular formula is C18H13BrO3. The fourth-order valence-corrected chi connectivity index (χ4v) is 2.60. The SMILES string of the molecule is O=C1C=C(OCc2ccccc2)/C(=C(/Br)c2ccccc2)O1. The molecular weight excluding hydrogens is 344 g/mol. The summed E-state index contributed by atoms with van der Waals surface area (Å²) in [5.74, 6) is 0.419. The summed E-state index contributed by atoms with van der Waals surface area (Å²) in [7, 11) is 0. The smallest absolute Gasteiger partial charge is 0.340 e. The highest BCUT2D eigenvalue weighted by Gasteiger charge is 2.25. The monoisotopic (exact) mass is 356 g/mol. The minimum absolute atomic E-state index is 0.377. The first kappa shape index (κ1) is 14.6. The quantitative estimate of drug-likeness (QED) is 0.761. The Morgan fingerprint density at radius 1 is 1.00 bits per heavy atom. The van der Waals surface area contributed by atoms with E-state index < -0.39 is 5.97 Å². The first-order valence-electron chi connectivity index (χ1n) is 6.80. The van der Waals surface area contributed by atoms with Crippen molar-refractivity contribution in [3.8, 4) is 0 Å². The molecule has 0 bridgehead atoms. The number of carbonyl (C=O) groups excluding carboxylic acids is 1. The zero-order valence-electron chi connectivity index (χ0n) is 11.7. The second-order valence-corrected chi connectivity index (χ2v) is 5.51. The first-order valence-corrected chi connectivity index (χ1v) is 7.59. The number of ether oxygens (including phenoxy) is 2. The summed E-state index contributed by atoms with van der Waals surface area (Å²) in [6.07, 6.45) is 1.36. The van der Waals surface area contributed by atoms with E-state index in [0.29, 0.717) is 22.6 Å². The third-order valence-electron chi connectivity index (χ3n) is 3.14. The van der Waals surface area contributed by atoms with Gasteiger partial charge in [-0.15, -0.1) is 0 Å². The van der Waals surface area contributed by atoms with Gasteiger partial charge in [-0.05, 0) is 27.1 Å². The molecule has 2 aromatic carbocycles. The van der Waals surface area contributed by atoms with E-state index in [1.807, 2.05) is 60.7 Å². The van der Waals surface area contributed by atoms with E-state index in [9.17, 15) is 4.79 Å². The van der Waals surface area contributed by atoms with Gasteiger partial charge in [-0.1, -0.05) is 60.7 Å². The molecule has 0 saturated carbocycles. The molecule has 1 aliphatic rings. The Morgan fingerprint density at radius 3 is 2.32 bits per heavy atom. The van der Waals surface area contributed by atoms with Crippen LogP contribution in [0.1, 0.15) is 11.1 Å². The van der Waals surface area contributed by atoms with Crippen LogP contribution in [0.4, 0.5) is 0 Å². The Labute approximate surface area is 137 Å². The lowest BCUT2D eigenvalue weighted by atomic mass is 10.2. The topological polar surface area (TPSA) is 35.5 Å². The summed E-state index contributed by atoms with van der Waals surface area (Å²) >= 11 is 3.49. The van der Waals surface area contributed by atoms with Gasteiger partial charge in [0.15, 0.2) is 11.5 Å². The molecule has 0 spiro atoms. The van der Waals surface area contributed by atoms with Crippen LogP contribution in [0.25, 0.3) is 4.48 Å². The molecule has 3 rings (SSSR count). The molecule has 4 heteroatoms. The molecule has 3 nitrogen and oxygen atoms in total. The lowest BCUT2D eigenvalue weighted by Crippen LogP contribution is -1.97. The van der Waals surface area contributed by atoms with Crippen LogP contribution in [-0.2, 0) is 20.9 Å². The number of carbonyl (C=O) groups is 1. The Hall–Kier alpha value is -2.33. The van der Waals surface area contributed by atoms with Gasteiger partial charge in [-0.2, -0.15) is 0 Å². The third kappa shape index (κ3) is 3.28. The van der Waals surface area contributed by atoms with Crippen molar-refractivity contribution in [2.24, 2.45) is 0 Å². The number of rotatable bonds is 4. The molecule has 0 amide bonds. The van der Waals surface area contributed by atoms with Gasteiger partial charge in [0, 0.05) is 0 Å². The summed E-state index contributed by atoms with van der Waals surface area (Å²) in [6, 6.07) is 19.4. The number of halogens is 1. The van der Waals surface area contributed by atoms with E-state index in [4.69, 9.17) is 9.47 Å². The summed E-state index contributed by atoms with van der Waals surface area (Å²) in [5, 5.41) is 0. The molecule has 1 heterocycles. The molecule has 0 N–H and O–H groups in total. The van der Waals surface area contributed by atoms with Crippen molar-refractivity contribution in [2.75, 3.05) is 0 Å². The van der Waals surface area contributed by atoms with Crippen LogP contribution in [0.15, 0.2) is 78.3 Å². The standard InChI is InChI=1S/C18H13BrO3/c19-17(14-9-5-2-6-10-14)18-15(11-16(20)22-18)21-12-13-7-3-1-4-8-13/h1-11H,12H2/b18-17-. The van der Waals surface area contributed by atoms with Gasteiger partial charge in [-0.3, -0.25) is 0 Å².